The van der Waals surface area contributed by atoms with Crippen LogP contribution in [0.5, 0.6) is 0 Å². The summed E-state index contributed by atoms with van der Waals surface area (Å²) >= 11 is 0. The molecule has 1 atom stereocenters. The van der Waals surface area contributed by atoms with Crippen molar-refractivity contribution in [2.45, 2.75) is 82.3 Å². The van der Waals surface area contributed by atoms with Crippen molar-refractivity contribution in [2.24, 2.45) is 0 Å². The van der Waals surface area contributed by atoms with Gasteiger partial charge in [-0.2, -0.15) is 0 Å². The Morgan fingerprint density at radius 2 is 1.46 bits per heavy atom. The number of anilines is 1. The van der Waals surface area contributed by atoms with Crippen LogP contribution in [0.25, 0.3) is 0 Å². The van der Waals surface area contributed by atoms with E-state index in [1.54, 1.807) is 36.4 Å². The SMILES string of the molecule is Cc1ccc(S(=O)(=O)N(CC(=O)N(Cc2ccc(F)cc2)C(Cc2ccccc2)C(=O)NC2CCCC2)c2ccc(C(C)C)cc2)cc1. The summed E-state index contributed by atoms with van der Waals surface area (Å²) in [5, 5.41) is 3.17. The summed E-state index contributed by atoms with van der Waals surface area (Å²) in [6.07, 6.45) is 4.00. The first-order valence-electron chi connectivity index (χ1n) is 16.6. The van der Waals surface area contributed by atoms with Gasteiger partial charge in [0.25, 0.3) is 10.0 Å². The van der Waals surface area contributed by atoms with Crippen LogP contribution in [-0.2, 0) is 32.6 Å². The van der Waals surface area contributed by atoms with Gasteiger partial charge in [-0.05, 0) is 78.8 Å². The second-order valence-corrected chi connectivity index (χ2v) is 14.8. The van der Waals surface area contributed by atoms with Crippen molar-refractivity contribution < 1.29 is 22.4 Å². The Bertz CT molecular complexity index is 1770. The zero-order valence-electron chi connectivity index (χ0n) is 27.8. The van der Waals surface area contributed by atoms with Crippen LogP contribution in [0.15, 0.2) is 108 Å². The fraction of sp³-hybridized carbons (Fsp3) is 0.333. The minimum absolute atomic E-state index is 0.0106. The highest BCUT2D eigenvalue weighted by atomic mass is 32.2. The monoisotopic (exact) mass is 669 g/mol. The van der Waals surface area contributed by atoms with Crippen LogP contribution in [0.3, 0.4) is 0 Å². The smallest absolute Gasteiger partial charge is 0.264 e. The Hall–Kier alpha value is -4.50. The molecule has 1 unspecified atom stereocenters. The average Bonchev–Trinajstić information content (AvgIpc) is 3.59. The molecule has 1 aliphatic rings. The summed E-state index contributed by atoms with van der Waals surface area (Å²) in [6, 6.07) is 28.0. The van der Waals surface area contributed by atoms with Crippen LogP contribution in [0.1, 0.15) is 67.7 Å². The van der Waals surface area contributed by atoms with Gasteiger partial charge in [0.2, 0.25) is 11.8 Å². The third kappa shape index (κ3) is 8.69. The van der Waals surface area contributed by atoms with Gasteiger partial charge in [-0.25, -0.2) is 12.8 Å². The van der Waals surface area contributed by atoms with E-state index in [0.717, 1.165) is 46.7 Å². The molecule has 0 spiro atoms. The molecule has 5 rings (SSSR count). The van der Waals surface area contributed by atoms with Gasteiger partial charge in [-0.1, -0.05) is 99.0 Å². The lowest BCUT2D eigenvalue weighted by Crippen LogP contribution is -2.54. The summed E-state index contributed by atoms with van der Waals surface area (Å²) in [6.45, 7) is 5.42. The van der Waals surface area contributed by atoms with E-state index in [1.807, 2.05) is 49.4 Å². The molecule has 7 nitrogen and oxygen atoms in total. The molecule has 0 bridgehead atoms. The van der Waals surface area contributed by atoms with Crippen molar-refractivity contribution in [3.8, 4) is 0 Å². The lowest BCUT2D eigenvalue weighted by molar-refractivity contribution is -0.140. The summed E-state index contributed by atoms with van der Waals surface area (Å²) in [5.74, 6) is -1.04. The van der Waals surface area contributed by atoms with Gasteiger partial charge in [0, 0.05) is 19.0 Å². The van der Waals surface area contributed by atoms with Gasteiger partial charge in [0.15, 0.2) is 0 Å². The van der Waals surface area contributed by atoms with Crippen molar-refractivity contribution in [3.63, 3.8) is 0 Å². The summed E-state index contributed by atoms with van der Waals surface area (Å²) in [7, 11) is -4.20. The zero-order valence-corrected chi connectivity index (χ0v) is 28.6. The molecule has 4 aromatic carbocycles. The van der Waals surface area contributed by atoms with Crippen LogP contribution in [0.2, 0.25) is 0 Å². The van der Waals surface area contributed by atoms with Crippen molar-refractivity contribution in [1.29, 1.82) is 0 Å². The zero-order chi connectivity index (χ0) is 34.3. The molecule has 1 saturated carbocycles. The Morgan fingerprint density at radius 3 is 2.06 bits per heavy atom. The van der Waals surface area contributed by atoms with Crippen LogP contribution in [-0.4, -0.2) is 43.8 Å². The maximum atomic E-state index is 14.6. The highest BCUT2D eigenvalue weighted by Gasteiger charge is 2.35. The number of carbonyl (C=O) groups is 2. The van der Waals surface area contributed by atoms with Gasteiger partial charge in [0.05, 0.1) is 10.6 Å². The summed E-state index contributed by atoms with van der Waals surface area (Å²) < 4.78 is 43.6. The molecule has 2 amide bonds. The molecule has 1 aliphatic carbocycles. The molecular formula is C39H44FN3O4S. The molecule has 0 saturated heterocycles. The van der Waals surface area contributed by atoms with Crippen LogP contribution >= 0.6 is 0 Å². The molecule has 0 radical (unpaired) electrons. The highest BCUT2D eigenvalue weighted by molar-refractivity contribution is 7.92. The Kier molecular flexibility index (Phi) is 11.3. The number of rotatable bonds is 13. The standard InChI is InChI=1S/C39H44FN3O4S/c1-28(2)32-17-21-35(22-18-32)43(48(46,47)36-23-13-29(3)14-24-36)27-38(44)42(26-31-15-19-33(40)20-16-31)37(25-30-9-5-4-6-10-30)39(45)41-34-11-7-8-12-34/h4-6,9-10,13-24,28,34,37H,7-8,11-12,25-27H2,1-3H3,(H,41,45). The number of nitrogens with one attached hydrogen (secondary N) is 1. The van der Waals surface area contributed by atoms with Gasteiger partial charge in [-0.15, -0.1) is 0 Å². The summed E-state index contributed by atoms with van der Waals surface area (Å²) in [5.41, 5.74) is 3.74. The molecule has 0 aromatic heterocycles. The largest absolute Gasteiger partial charge is 0.352 e. The fourth-order valence-electron chi connectivity index (χ4n) is 6.10. The van der Waals surface area contributed by atoms with Gasteiger partial charge in [-0.3, -0.25) is 13.9 Å². The number of carbonyl (C=O) groups excluding carboxylic acids is 2. The van der Waals surface area contributed by atoms with Gasteiger partial charge >= 0.3 is 0 Å². The van der Waals surface area contributed by atoms with E-state index in [4.69, 9.17) is 0 Å². The van der Waals surface area contributed by atoms with E-state index >= 15 is 0 Å². The molecule has 9 heteroatoms. The lowest BCUT2D eigenvalue weighted by Gasteiger charge is -2.34. The first-order valence-corrected chi connectivity index (χ1v) is 18.0. The Labute approximate surface area is 283 Å². The molecule has 0 aliphatic heterocycles. The molecule has 252 valence electrons. The topological polar surface area (TPSA) is 86.8 Å². The van der Waals surface area contributed by atoms with Gasteiger partial charge in [0.1, 0.15) is 18.4 Å². The van der Waals surface area contributed by atoms with E-state index in [9.17, 15) is 22.4 Å². The van der Waals surface area contributed by atoms with Crippen molar-refractivity contribution in [3.05, 3.63) is 131 Å². The first-order chi connectivity index (χ1) is 23.0. The normalized spacial score (nSPS) is 14.1. The van der Waals surface area contributed by atoms with Crippen LogP contribution < -0.4 is 9.62 Å². The van der Waals surface area contributed by atoms with Gasteiger partial charge < -0.3 is 10.2 Å². The predicted octanol–water partition coefficient (Wildman–Crippen LogP) is 7.15. The van der Waals surface area contributed by atoms with E-state index in [0.29, 0.717) is 11.3 Å². The Balaban J connectivity index is 1.57. The number of hydrogen-bond acceptors (Lipinski definition) is 4. The number of halogens is 1. The molecule has 1 fully saturated rings. The number of amides is 2. The van der Waals surface area contributed by atoms with E-state index in [1.165, 1.54) is 29.2 Å². The van der Waals surface area contributed by atoms with Crippen LogP contribution in [0, 0.1) is 12.7 Å². The highest BCUT2D eigenvalue weighted by Crippen LogP contribution is 2.28. The first kappa shape index (κ1) is 34.8. The number of benzene rings is 4. The number of nitrogens with zero attached hydrogens (tertiary/aromatic N) is 2. The fourth-order valence-corrected chi connectivity index (χ4v) is 7.51. The third-order valence-electron chi connectivity index (χ3n) is 8.97. The average molecular weight is 670 g/mol. The van der Waals surface area contributed by atoms with E-state index < -0.39 is 34.3 Å². The number of aryl methyl sites for hydroxylation is 1. The van der Waals surface area contributed by atoms with E-state index in [2.05, 4.69) is 19.2 Å². The molecule has 48 heavy (non-hydrogen) atoms. The Morgan fingerprint density at radius 1 is 0.833 bits per heavy atom. The minimum Gasteiger partial charge on any atom is -0.352 e. The molecular weight excluding hydrogens is 626 g/mol. The van der Waals surface area contributed by atoms with E-state index in [-0.39, 0.29) is 35.7 Å². The second kappa shape index (κ2) is 15.6. The van der Waals surface area contributed by atoms with Crippen LogP contribution in [0.4, 0.5) is 10.1 Å². The number of hydrogen-bond donors (Lipinski definition) is 1. The maximum Gasteiger partial charge on any atom is 0.264 e. The second-order valence-electron chi connectivity index (χ2n) is 12.9. The van der Waals surface area contributed by atoms with Crippen molar-refractivity contribution in [1.82, 2.24) is 10.2 Å². The molecule has 1 N–H and O–H groups in total. The quantitative estimate of drug-likeness (QED) is 0.164. The minimum atomic E-state index is -4.20. The predicted molar refractivity (Wildman–Crippen MR) is 188 cm³/mol. The summed E-state index contributed by atoms with van der Waals surface area (Å²) in [4.78, 5) is 30.3. The number of sulfonamides is 1. The lowest BCUT2D eigenvalue weighted by atomic mass is 10.0. The van der Waals surface area contributed by atoms with Crippen molar-refractivity contribution >= 4 is 27.5 Å². The molecule has 0 heterocycles. The van der Waals surface area contributed by atoms with Crippen molar-refractivity contribution in [2.75, 3.05) is 10.8 Å². The molecule has 4 aromatic rings. The maximum absolute atomic E-state index is 14.6. The third-order valence-corrected chi connectivity index (χ3v) is 10.8.